The van der Waals surface area contributed by atoms with Crippen molar-refractivity contribution in [1.29, 1.82) is 0 Å². The van der Waals surface area contributed by atoms with E-state index in [2.05, 4.69) is 16.9 Å². The summed E-state index contributed by atoms with van der Waals surface area (Å²) in [5, 5.41) is 0. The van der Waals surface area contributed by atoms with Crippen LogP contribution in [0.2, 0.25) is 0 Å². The van der Waals surface area contributed by atoms with E-state index < -0.39 is 0 Å². The summed E-state index contributed by atoms with van der Waals surface area (Å²) in [7, 11) is 1.38. The Morgan fingerprint density at radius 3 is 2.56 bits per heavy atom. The first-order valence-corrected chi connectivity index (χ1v) is 5.63. The number of carbonyl (C=O) groups excluding carboxylic acids is 1. The number of nitrogens with two attached hydrogens (primary N) is 1. The molecule has 3 nitrogen and oxygen atoms in total. The molecule has 0 aliphatic heterocycles. The topological polar surface area (TPSA) is 52.3 Å². The Morgan fingerprint density at radius 2 is 2.06 bits per heavy atom. The third kappa shape index (κ3) is 2.61. The predicted octanol–water partition coefficient (Wildman–Crippen LogP) is 2.13. The highest BCUT2D eigenvalue weighted by atomic mass is 16.5. The molecule has 2 N–H and O–H groups in total. The van der Waals surface area contributed by atoms with Crippen LogP contribution in [-0.2, 0) is 9.53 Å². The second-order valence-corrected chi connectivity index (χ2v) is 4.33. The quantitative estimate of drug-likeness (QED) is 0.789. The van der Waals surface area contributed by atoms with Crippen molar-refractivity contribution in [3.63, 3.8) is 0 Å². The zero-order valence-electron chi connectivity index (χ0n) is 9.48. The molecule has 1 atom stereocenters. The molecule has 1 fully saturated rings. The lowest BCUT2D eigenvalue weighted by Gasteiger charge is -2.11. The van der Waals surface area contributed by atoms with E-state index in [1.54, 1.807) is 0 Å². The second kappa shape index (κ2) is 4.66. The van der Waals surface area contributed by atoms with Crippen LogP contribution < -0.4 is 5.73 Å². The Kier molecular flexibility index (Phi) is 3.25. The number of benzene rings is 1. The van der Waals surface area contributed by atoms with E-state index in [4.69, 9.17) is 5.73 Å². The van der Waals surface area contributed by atoms with Gasteiger partial charge in [-0.25, -0.2) is 0 Å². The lowest BCUT2D eigenvalue weighted by molar-refractivity contribution is -0.141. The van der Waals surface area contributed by atoms with Crippen molar-refractivity contribution < 1.29 is 9.53 Å². The highest BCUT2D eigenvalue weighted by molar-refractivity contribution is 5.70. The molecule has 1 unspecified atom stereocenters. The predicted molar refractivity (Wildman–Crippen MR) is 62.0 cm³/mol. The van der Waals surface area contributed by atoms with E-state index in [-0.39, 0.29) is 18.4 Å². The Labute approximate surface area is 95.6 Å². The van der Waals surface area contributed by atoms with Crippen LogP contribution in [0.4, 0.5) is 0 Å². The number of ether oxygens (including phenoxy) is 1. The Morgan fingerprint density at radius 1 is 1.44 bits per heavy atom. The van der Waals surface area contributed by atoms with Gasteiger partial charge < -0.3 is 10.5 Å². The van der Waals surface area contributed by atoms with Crippen LogP contribution in [0.5, 0.6) is 0 Å². The van der Waals surface area contributed by atoms with Crippen molar-refractivity contribution in [3.05, 3.63) is 35.4 Å². The standard InChI is InChI=1S/C13H17NO2/c1-16-13(15)8-12(14)11-6-4-10(5-7-11)9-2-3-9/h4-7,9,12H,2-3,8,14H2,1H3. The molecular weight excluding hydrogens is 202 g/mol. The summed E-state index contributed by atoms with van der Waals surface area (Å²) in [6, 6.07) is 8.00. The van der Waals surface area contributed by atoms with E-state index in [9.17, 15) is 4.79 Å². The van der Waals surface area contributed by atoms with Gasteiger partial charge in [0.15, 0.2) is 0 Å². The highest BCUT2D eigenvalue weighted by Crippen LogP contribution is 2.40. The van der Waals surface area contributed by atoms with E-state index in [1.165, 1.54) is 25.5 Å². The summed E-state index contributed by atoms with van der Waals surface area (Å²) in [6.07, 6.45) is 2.83. The molecule has 16 heavy (non-hydrogen) atoms. The van der Waals surface area contributed by atoms with Gasteiger partial charge in [0.25, 0.3) is 0 Å². The summed E-state index contributed by atoms with van der Waals surface area (Å²) >= 11 is 0. The van der Waals surface area contributed by atoms with Crippen molar-refractivity contribution in [2.45, 2.75) is 31.2 Å². The average molecular weight is 219 g/mol. The van der Waals surface area contributed by atoms with Gasteiger partial charge in [0, 0.05) is 6.04 Å². The third-order valence-electron chi connectivity index (χ3n) is 3.03. The molecular formula is C13H17NO2. The first-order chi connectivity index (χ1) is 7.70. The highest BCUT2D eigenvalue weighted by Gasteiger charge is 2.23. The van der Waals surface area contributed by atoms with Crippen molar-refractivity contribution >= 4 is 5.97 Å². The molecule has 86 valence electrons. The van der Waals surface area contributed by atoms with Crippen molar-refractivity contribution in [1.82, 2.24) is 0 Å². The first-order valence-electron chi connectivity index (χ1n) is 5.63. The van der Waals surface area contributed by atoms with E-state index >= 15 is 0 Å². The number of methoxy groups -OCH3 is 1. The normalized spacial score (nSPS) is 16.9. The summed E-state index contributed by atoms with van der Waals surface area (Å²) in [4.78, 5) is 11.1. The van der Waals surface area contributed by atoms with Gasteiger partial charge in [-0.05, 0) is 29.9 Å². The summed E-state index contributed by atoms with van der Waals surface area (Å²) < 4.78 is 4.60. The van der Waals surface area contributed by atoms with Crippen LogP contribution in [0.15, 0.2) is 24.3 Å². The van der Waals surface area contributed by atoms with Gasteiger partial charge in [-0.15, -0.1) is 0 Å². The smallest absolute Gasteiger partial charge is 0.307 e. The number of carbonyl (C=O) groups is 1. The molecule has 0 saturated heterocycles. The molecule has 0 bridgehead atoms. The molecule has 2 rings (SSSR count). The monoisotopic (exact) mass is 219 g/mol. The zero-order chi connectivity index (χ0) is 11.5. The summed E-state index contributed by atoms with van der Waals surface area (Å²) in [5.41, 5.74) is 8.29. The minimum Gasteiger partial charge on any atom is -0.469 e. The SMILES string of the molecule is COC(=O)CC(N)c1ccc(C2CC2)cc1. The van der Waals surface area contributed by atoms with E-state index in [0.717, 1.165) is 11.5 Å². The minimum absolute atomic E-state index is 0.235. The molecule has 1 aromatic rings. The maximum Gasteiger partial charge on any atom is 0.307 e. The summed E-state index contributed by atoms with van der Waals surface area (Å²) in [6.45, 7) is 0. The van der Waals surface area contributed by atoms with Gasteiger partial charge in [-0.1, -0.05) is 24.3 Å². The lowest BCUT2D eigenvalue weighted by Crippen LogP contribution is -2.16. The number of rotatable bonds is 4. The van der Waals surface area contributed by atoms with Crippen LogP contribution in [0.3, 0.4) is 0 Å². The molecule has 3 heteroatoms. The molecule has 0 amide bonds. The molecule has 1 aliphatic rings. The zero-order valence-corrected chi connectivity index (χ0v) is 9.48. The number of hydrogen-bond donors (Lipinski definition) is 1. The van der Waals surface area contributed by atoms with Gasteiger partial charge in [0.2, 0.25) is 0 Å². The largest absolute Gasteiger partial charge is 0.469 e. The number of hydrogen-bond acceptors (Lipinski definition) is 3. The van der Waals surface area contributed by atoms with Gasteiger partial charge in [0.1, 0.15) is 0 Å². The molecule has 0 aromatic heterocycles. The van der Waals surface area contributed by atoms with Gasteiger partial charge in [0.05, 0.1) is 13.5 Å². The Hall–Kier alpha value is -1.35. The minimum atomic E-state index is -0.265. The first kappa shape index (κ1) is 11.1. The van der Waals surface area contributed by atoms with E-state index in [1.807, 2.05) is 12.1 Å². The lowest BCUT2D eigenvalue weighted by atomic mass is 10.0. The molecule has 0 radical (unpaired) electrons. The van der Waals surface area contributed by atoms with Crippen LogP contribution >= 0.6 is 0 Å². The molecule has 1 aromatic carbocycles. The fourth-order valence-corrected chi connectivity index (χ4v) is 1.81. The molecule has 0 spiro atoms. The van der Waals surface area contributed by atoms with Crippen molar-refractivity contribution in [3.8, 4) is 0 Å². The van der Waals surface area contributed by atoms with Gasteiger partial charge >= 0.3 is 5.97 Å². The van der Waals surface area contributed by atoms with Gasteiger partial charge in [-0.3, -0.25) is 4.79 Å². The van der Waals surface area contributed by atoms with Crippen LogP contribution in [0.1, 0.15) is 42.3 Å². The Bertz CT molecular complexity index is 368. The van der Waals surface area contributed by atoms with Gasteiger partial charge in [-0.2, -0.15) is 0 Å². The Balaban J connectivity index is 1.99. The molecule has 1 aliphatic carbocycles. The maximum absolute atomic E-state index is 11.1. The van der Waals surface area contributed by atoms with Crippen LogP contribution in [0, 0.1) is 0 Å². The maximum atomic E-state index is 11.1. The van der Waals surface area contributed by atoms with Crippen LogP contribution in [-0.4, -0.2) is 13.1 Å². The number of esters is 1. The summed E-state index contributed by atoms with van der Waals surface area (Å²) in [5.74, 6) is 0.490. The molecule has 1 saturated carbocycles. The van der Waals surface area contributed by atoms with Crippen molar-refractivity contribution in [2.75, 3.05) is 7.11 Å². The fraction of sp³-hybridized carbons (Fsp3) is 0.462. The second-order valence-electron chi connectivity index (χ2n) is 4.33. The average Bonchev–Trinajstić information content (AvgIpc) is 3.13. The third-order valence-corrected chi connectivity index (χ3v) is 3.03. The molecule has 0 heterocycles. The van der Waals surface area contributed by atoms with Crippen LogP contribution in [0.25, 0.3) is 0 Å². The fourth-order valence-electron chi connectivity index (χ4n) is 1.81. The van der Waals surface area contributed by atoms with E-state index in [0.29, 0.717) is 0 Å². The van der Waals surface area contributed by atoms with Crippen molar-refractivity contribution in [2.24, 2.45) is 5.73 Å².